The number of benzodiazepines with no additional fused rings is 1. The maximum absolute atomic E-state index is 14.1. The van der Waals surface area contributed by atoms with Crippen LogP contribution in [0.2, 0.25) is 0 Å². The molecule has 14 heteroatoms. The predicted octanol–water partition coefficient (Wildman–Crippen LogP) is 6.43. The van der Waals surface area contributed by atoms with Gasteiger partial charge in [-0.25, -0.2) is 9.98 Å². The number of alkyl halides is 6. The van der Waals surface area contributed by atoms with Crippen molar-refractivity contribution in [1.82, 2.24) is 10.3 Å². The van der Waals surface area contributed by atoms with Gasteiger partial charge in [-0.15, -0.1) is 0 Å². The Morgan fingerprint density at radius 2 is 1.49 bits per heavy atom. The average molecular weight is 635 g/mol. The van der Waals surface area contributed by atoms with E-state index in [1.807, 2.05) is 0 Å². The number of rotatable bonds is 11. The second-order valence-electron chi connectivity index (χ2n) is 10.3. The largest absolute Gasteiger partial charge is 0.481 e. The van der Waals surface area contributed by atoms with E-state index in [1.54, 1.807) is 66.7 Å². The number of para-hydroxylation sites is 1. The molecule has 0 radical (unpaired) electrons. The molecule has 0 spiro atoms. The molecule has 1 aliphatic rings. The van der Waals surface area contributed by atoms with Gasteiger partial charge in [0.2, 0.25) is 12.1 Å². The third-order valence-corrected chi connectivity index (χ3v) is 7.17. The van der Waals surface area contributed by atoms with E-state index in [9.17, 15) is 45.8 Å². The zero-order valence-electron chi connectivity index (χ0n) is 23.6. The number of hydrogen-bond acceptors (Lipinski definition) is 5. The molecule has 0 saturated heterocycles. The number of fused-ring (bicyclic) bond motifs is 1. The number of hydrogen-bond donors (Lipinski definition) is 2. The Labute approximate surface area is 253 Å². The number of nitrogens with one attached hydrogen (secondary N) is 1. The van der Waals surface area contributed by atoms with Gasteiger partial charge in [0.15, 0.2) is 0 Å². The van der Waals surface area contributed by atoms with Crippen molar-refractivity contribution in [3.63, 3.8) is 0 Å². The van der Waals surface area contributed by atoms with Gasteiger partial charge in [-0.2, -0.15) is 26.3 Å². The number of aliphatic carboxylic acids is 1. The lowest BCUT2D eigenvalue weighted by molar-refractivity contribution is -0.155. The molecule has 2 heterocycles. The third-order valence-electron chi connectivity index (χ3n) is 7.17. The molecule has 0 saturated carbocycles. The fourth-order valence-corrected chi connectivity index (χ4v) is 5.10. The molecule has 4 rings (SSSR count). The lowest BCUT2D eigenvalue weighted by Crippen LogP contribution is -2.49. The summed E-state index contributed by atoms with van der Waals surface area (Å²) in [5, 5.41) is 12.1. The number of pyridine rings is 1. The van der Waals surface area contributed by atoms with Crippen molar-refractivity contribution in [1.29, 1.82) is 0 Å². The van der Waals surface area contributed by atoms with E-state index in [1.165, 1.54) is 17.2 Å². The second kappa shape index (κ2) is 13.9. The van der Waals surface area contributed by atoms with Crippen molar-refractivity contribution >= 4 is 35.0 Å². The number of aromatic nitrogens is 1. The predicted molar refractivity (Wildman–Crippen MR) is 152 cm³/mol. The SMILES string of the molecule is O=C(O)[C@@H](CCCC(F)(F)F)[C@@H](CCC(F)(F)F)C(=O)N[C@H]1N=C(c2ccccc2)c2ccccc2N(c2ccccn2)C1=O. The molecule has 45 heavy (non-hydrogen) atoms. The number of carbonyl (C=O) groups is 3. The monoisotopic (exact) mass is 634 g/mol. The molecule has 3 aromatic rings. The summed E-state index contributed by atoms with van der Waals surface area (Å²) >= 11 is 0. The quantitative estimate of drug-likeness (QED) is 0.236. The van der Waals surface area contributed by atoms with Gasteiger partial charge in [0.05, 0.1) is 23.2 Å². The summed E-state index contributed by atoms with van der Waals surface area (Å²) in [5.74, 6) is -7.52. The van der Waals surface area contributed by atoms with Gasteiger partial charge in [0.1, 0.15) is 5.82 Å². The number of carboxylic acid groups (broad SMARTS) is 1. The second-order valence-corrected chi connectivity index (χ2v) is 10.3. The van der Waals surface area contributed by atoms with Crippen molar-refractivity contribution in [2.45, 2.75) is 50.6 Å². The first kappa shape index (κ1) is 33.1. The minimum atomic E-state index is -4.79. The first-order chi connectivity index (χ1) is 21.2. The molecular formula is C31H28F6N4O4. The van der Waals surface area contributed by atoms with Crippen LogP contribution in [0.25, 0.3) is 0 Å². The van der Waals surface area contributed by atoms with Gasteiger partial charge in [0.25, 0.3) is 5.91 Å². The van der Waals surface area contributed by atoms with E-state index in [-0.39, 0.29) is 11.5 Å². The number of anilines is 2. The maximum atomic E-state index is 14.1. The fourth-order valence-electron chi connectivity index (χ4n) is 5.10. The van der Waals surface area contributed by atoms with Crippen molar-refractivity contribution in [2.24, 2.45) is 16.8 Å². The molecule has 0 fully saturated rings. The van der Waals surface area contributed by atoms with Crippen molar-refractivity contribution in [2.75, 3.05) is 4.90 Å². The van der Waals surface area contributed by atoms with Crippen LogP contribution >= 0.6 is 0 Å². The molecular weight excluding hydrogens is 606 g/mol. The topological polar surface area (TPSA) is 112 Å². The highest BCUT2D eigenvalue weighted by molar-refractivity contribution is 6.21. The molecule has 0 aliphatic carbocycles. The summed E-state index contributed by atoms with van der Waals surface area (Å²) in [4.78, 5) is 49.8. The zero-order valence-corrected chi connectivity index (χ0v) is 23.6. The highest BCUT2D eigenvalue weighted by atomic mass is 19.4. The Balaban J connectivity index is 1.77. The van der Waals surface area contributed by atoms with Crippen LogP contribution < -0.4 is 10.2 Å². The first-order valence-corrected chi connectivity index (χ1v) is 13.9. The Morgan fingerprint density at radius 1 is 0.844 bits per heavy atom. The average Bonchev–Trinajstić information content (AvgIpc) is 3.10. The van der Waals surface area contributed by atoms with Gasteiger partial charge in [-0.1, -0.05) is 54.6 Å². The lowest BCUT2D eigenvalue weighted by Gasteiger charge is -2.27. The molecule has 0 unspecified atom stereocenters. The molecule has 2 aromatic carbocycles. The smallest absolute Gasteiger partial charge is 0.389 e. The van der Waals surface area contributed by atoms with Crippen LogP contribution in [-0.2, 0) is 14.4 Å². The number of nitrogens with zero attached hydrogens (tertiary/aromatic N) is 3. The van der Waals surface area contributed by atoms with Crippen LogP contribution in [0.3, 0.4) is 0 Å². The molecule has 3 atom stereocenters. The summed E-state index contributed by atoms with van der Waals surface area (Å²) < 4.78 is 78.1. The van der Waals surface area contributed by atoms with Gasteiger partial charge < -0.3 is 10.4 Å². The normalized spacial score (nSPS) is 16.7. The van der Waals surface area contributed by atoms with Crippen molar-refractivity contribution in [3.8, 4) is 0 Å². The van der Waals surface area contributed by atoms with Gasteiger partial charge in [-0.3, -0.25) is 19.3 Å². The summed E-state index contributed by atoms with van der Waals surface area (Å²) in [7, 11) is 0. The van der Waals surface area contributed by atoms with Crippen LogP contribution in [0.1, 0.15) is 43.2 Å². The molecule has 2 amide bonds. The Bertz CT molecular complexity index is 1530. The summed E-state index contributed by atoms with van der Waals surface area (Å²) in [6.07, 6.45) is -15.2. The number of benzene rings is 2. The Morgan fingerprint density at radius 3 is 2.11 bits per heavy atom. The van der Waals surface area contributed by atoms with Gasteiger partial charge in [0, 0.05) is 30.2 Å². The molecule has 2 N–H and O–H groups in total. The van der Waals surface area contributed by atoms with Gasteiger partial charge in [-0.05, 0) is 37.5 Å². The van der Waals surface area contributed by atoms with E-state index in [0.717, 1.165) is 0 Å². The van der Waals surface area contributed by atoms with E-state index in [4.69, 9.17) is 0 Å². The molecule has 238 valence electrons. The zero-order chi connectivity index (χ0) is 32.8. The van der Waals surface area contributed by atoms with Crippen LogP contribution in [0.4, 0.5) is 37.8 Å². The highest BCUT2D eigenvalue weighted by Crippen LogP contribution is 2.35. The third kappa shape index (κ3) is 8.67. The van der Waals surface area contributed by atoms with Crippen LogP contribution in [-0.4, -0.2) is 52.1 Å². The Hall–Kier alpha value is -4.75. The molecule has 8 nitrogen and oxygen atoms in total. The molecule has 0 bridgehead atoms. The van der Waals surface area contributed by atoms with Crippen molar-refractivity contribution in [3.05, 3.63) is 90.1 Å². The van der Waals surface area contributed by atoms with Gasteiger partial charge >= 0.3 is 18.3 Å². The molecule has 1 aliphatic heterocycles. The number of halogens is 6. The summed E-state index contributed by atoms with van der Waals surface area (Å²) in [6.45, 7) is 0. The minimum Gasteiger partial charge on any atom is -0.481 e. The molecule has 1 aromatic heterocycles. The maximum Gasteiger partial charge on any atom is 0.389 e. The number of aliphatic imine (C=N–C) groups is 1. The number of carboxylic acids is 1. The lowest BCUT2D eigenvalue weighted by atomic mass is 9.83. The van der Waals surface area contributed by atoms with E-state index in [2.05, 4.69) is 15.3 Å². The van der Waals surface area contributed by atoms with Crippen molar-refractivity contribution < 1.29 is 45.8 Å². The van der Waals surface area contributed by atoms with E-state index in [0.29, 0.717) is 16.8 Å². The van der Waals surface area contributed by atoms with Crippen LogP contribution in [0, 0.1) is 11.8 Å². The number of amides is 2. The van der Waals surface area contributed by atoms with E-state index >= 15 is 0 Å². The van der Waals surface area contributed by atoms with E-state index < -0.39 is 80.2 Å². The fraction of sp³-hybridized carbons (Fsp3) is 0.323. The highest BCUT2D eigenvalue weighted by Gasteiger charge is 2.41. The number of carbonyl (C=O) groups excluding carboxylic acids is 2. The standard InChI is InChI=1S/C31H28F6N4O4/c32-30(33,34)16-8-12-21(29(44)45)20(15-17-31(35,36)37)27(42)40-26-28(43)41(24-14-6-7-18-38-24)23-13-5-4-11-22(23)25(39-26)19-9-2-1-3-10-19/h1-7,9-11,13-14,18,20-21,26H,8,12,15-17H2,(H,40,42)(H,44,45)/t20-,21+,26-/m1/s1. The van der Waals surface area contributed by atoms with Crippen LogP contribution in [0.15, 0.2) is 84.0 Å². The summed E-state index contributed by atoms with van der Waals surface area (Å²) in [5.41, 5.74) is 1.58. The first-order valence-electron chi connectivity index (χ1n) is 13.9. The van der Waals surface area contributed by atoms with Crippen LogP contribution in [0.5, 0.6) is 0 Å². The Kier molecular flexibility index (Phi) is 10.2. The minimum absolute atomic E-state index is 0.142. The summed E-state index contributed by atoms with van der Waals surface area (Å²) in [6, 6.07) is 20.0.